The Kier molecular flexibility index (Phi) is 5.94. The van der Waals surface area contributed by atoms with Gasteiger partial charge in [0.05, 0.1) is 23.3 Å². The highest BCUT2D eigenvalue weighted by atomic mass is 32.2. The third-order valence-electron chi connectivity index (χ3n) is 4.53. The van der Waals surface area contributed by atoms with Crippen molar-refractivity contribution in [3.63, 3.8) is 0 Å². The number of methoxy groups -OCH3 is 1. The number of nitrogens with zero attached hydrogens (tertiary/aromatic N) is 1. The first-order chi connectivity index (χ1) is 13.7. The summed E-state index contributed by atoms with van der Waals surface area (Å²) in [6, 6.07) is 6.48. The van der Waals surface area contributed by atoms with Crippen LogP contribution in [0.2, 0.25) is 0 Å². The summed E-state index contributed by atoms with van der Waals surface area (Å²) in [4.78, 5) is 24.0. The summed E-state index contributed by atoms with van der Waals surface area (Å²) >= 11 is 0. The van der Waals surface area contributed by atoms with Crippen LogP contribution in [0.4, 0.5) is 14.5 Å². The molecule has 1 aliphatic rings. The lowest BCUT2D eigenvalue weighted by atomic mass is 10.1. The van der Waals surface area contributed by atoms with E-state index in [1.54, 1.807) is 0 Å². The number of halogens is 2. The van der Waals surface area contributed by atoms with Gasteiger partial charge in [0.2, 0.25) is 10.0 Å². The number of amides is 1. The first-order valence-electron chi connectivity index (χ1n) is 8.73. The highest BCUT2D eigenvalue weighted by Crippen LogP contribution is 2.23. The van der Waals surface area contributed by atoms with Crippen LogP contribution in [0.5, 0.6) is 0 Å². The van der Waals surface area contributed by atoms with E-state index in [0.29, 0.717) is 19.2 Å². The van der Waals surface area contributed by atoms with E-state index in [4.69, 9.17) is 0 Å². The van der Waals surface area contributed by atoms with Gasteiger partial charge < -0.3 is 10.1 Å². The van der Waals surface area contributed by atoms with Crippen molar-refractivity contribution in [2.24, 2.45) is 0 Å². The Morgan fingerprint density at radius 3 is 2.24 bits per heavy atom. The van der Waals surface area contributed by atoms with Crippen molar-refractivity contribution in [1.82, 2.24) is 4.31 Å². The number of esters is 1. The lowest BCUT2D eigenvalue weighted by Gasteiger charge is -2.15. The van der Waals surface area contributed by atoms with Crippen molar-refractivity contribution in [2.45, 2.75) is 17.7 Å². The molecule has 0 radical (unpaired) electrons. The molecule has 0 spiro atoms. The second kappa shape index (κ2) is 8.26. The predicted octanol–water partition coefficient (Wildman–Crippen LogP) is 2.79. The fourth-order valence-corrected chi connectivity index (χ4v) is 4.48. The molecule has 0 unspecified atom stereocenters. The van der Waals surface area contributed by atoms with E-state index >= 15 is 0 Å². The molecule has 2 aromatic carbocycles. The van der Waals surface area contributed by atoms with Crippen molar-refractivity contribution in [3.8, 4) is 0 Å². The zero-order valence-corrected chi connectivity index (χ0v) is 16.3. The van der Waals surface area contributed by atoms with Gasteiger partial charge in [0, 0.05) is 24.7 Å². The number of rotatable bonds is 5. The topological polar surface area (TPSA) is 92.8 Å². The number of hydrogen-bond acceptors (Lipinski definition) is 5. The Morgan fingerprint density at radius 1 is 1.03 bits per heavy atom. The Bertz CT molecular complexity index is 1050. The molecule has 0 bridgehead atoms. The van der Waals surface area contributed by atoms with E-state index in [1.807, 2.05) is 0 Å². The van der Waals surface area contributed by atoms with Gasteiger partial charge >= 0.3 is 5.97 Å². The van der Waals surface area contributed by atoms with Gasteiger partial charge in [-0.1, -0.05) is 0 Å². The second-order valence-electron chi connectivity index (χ2n) is 6.39. The van der Waals surface area contributed by atoms with Crippen LogP contribution >= 0.6 is 0 Å². The van der Waals surface area contributed by atoms with Crippen LogP contribution in [0, 0.1) is 11.6 Å². The molecule has 1 N–H and O–H groups in total. The molecule has 29 heavy (non-hydrogen) atoms. The van der Waals surface area contributed by atoms with E-state index < -0.39 is 44.8 Å². The minimum absolute atomic E-state index is 0.0527. The molecule has 7 nitrogen and oxygen atoms in total. The molecule has 1 saturated heterocycles. The minimum Gasteiger partial charge on any atom is -0.465 e. The number of ether oxygens (including phenoxy) is 1. The van der Waals surface area contributed by atoms with Crippen LogP contribution in [-0.4, -0.2) is 44.8 Å². The predicted molar refractivity (Wildman–Crippen MR) is 100 cm³/mol. The van der Waals surface area contributed by atoms with Crippen LogP contribution in [0.3, 0.4) is 0 Å². The van der Waals surface area contributed by atoms with Crippen LogP contribution in [0.15, 0.2) is 41.3 Å². The average Bonchev–Trinajstić information content (AvgIpc) is 3.25. The maximum Gasteiger partial charge on any atom is 0.340 e. The number of sulfonamides is 1. The average molecular weight is 424 g/mol. The maximum absolute atomic E-state index is 14.0. The number of hydrogen-bond donors (Lipinski definition) is 1. The molecule has 3 rings (SSSR count). The van der Waals surface area contributed by atoms with Gasteiger partial charge in [0.25, 0.3) is 5.91 Å². The number of carbonyl (C=O) groups is 2. The molecule has 10 heteroatoms. The molecule has 0 aliphatic carbocycles. The quantitative estimate of drug-likeness (QED) is 0.745. The standard InChI is InChI=1S/C19H18F2N2O5S/c1-28-19(25)14-10-17(16(21)11-15(14)20)22-18(24)12-4-6-13(7-5-12)29(26,27)23-8-2-3-9-23/h4-7,10-11H,2-3,8-9H2,1H3,(H,22,24). The Hall–Kier alpha value is -2.85. The van der Waals surface area contributed by atoms with Gasteiger partial charge in [-0.05, 0) is 43.2 Å². The molecule has 1 aliphatic heterocycles. The van der Waals surface area contributed by atoms with Gasteiger partial charge in [0.15, 0.2) is 0 Å². The van der Waals surface area contributed by atoms with Crippen molar-refractivity contribution in [1.29, 1.82) is 0 Å². The molecule has 154 valence electrons. The Morgan fingerprint density at radius 2 is 1.66 bits per heavy atom. The molecule has 2 aromatic rings. The smallest absolute Gasteiger partial charge is 0.340 e. The zero-order valence-electron chi connectivity index (χ0n) is 15.4. The lowest BCUT2D eigenvalue weighted by Crippen LogP contribution is -2.27. The third-order valence-corrected chi connectivity index (χ3v) is 6.44. The SMILES string of the molecule is COC(=O)c1cc(NC(=O)c2ccc(S(=O)(=O)N3CCCC3)cc2)c(F)cc1F. The second-order valence-corrected chi connectivity index (χ2v) is 8.33. The number of carbonyl (C=O) groups excluding carboxylic acids is 2. The van der Waals surface area contributed by atoms with Gasteiger partial charge in [-0.15, -0.1) is 0 Å². The van der Waals surface area contributed by atoms with Crippen molar-refractivity contribution in [3.05, 3.63) is 59.2 Å². The fraction of sp³-hybridized carbons (Fsp3) is 0.263. The van der Waals surface area contributed by atoms with Gasteiger partial charge in [-0.3, -0.25) is 4.79 Å². The molecular weight excluding hydrogens is 406 g/mol. The van der Waals surface area contributed by atoms with Gasteiger partial charge in [0.1, 0.15) is 11.6 Å². The van der Waals surface area contributed by atoms with Crippen LogP contribution in [0.25, 0.3) is 0 Å². The van der Waals surface area contributed by atoms with E-state index in [1.165, 1.54) is 28.6 Å². The summed E-state index contributed by atoms with van der Waals surface area (Å²) in [5.74, 6) is -3.97. The number of benzene rings is 2. The Balaban J connectivity index is 1.80. The molecule has 0 aromatic heterocycles. The highest BCUT2D eigenvalue weighted by molar-refractivity contribution is 7.89. The molecular formula is C19H18F2N2O5S. The first kappa shape index (κ1) is 20.9. The van der Waals surface area contributed by atoms with Crippen molar-refractivity contribution in [2.75, 3.05) is 25.5 Å². The summed E-state index contributed by atoms with van der Waals surface area (Å²) < 4.78 is 58.5. The molecule has 0 atom stereocenters. The number of nitrogens with one attached hydrogen (secondary N) is 1. The first-order valence-corrected chi connectivity index (χ1v) is 10.2. The number of anilines is 1. The van der Waals surface area contributed by atoms with Gasteiger partial charge in [-0.2, -0.15) is 4.31 Å². The highest BCUT2D eigenvalue weighted by Gasteiger charge is 2.27. The minimum atomic E-state index is -3.62. The van der Waals surface area contributed by atoms with Crippen LogP contribution in [0.1, 0.15) is 33.6 Å². The molecule has 0 saturated carbocycles. The summed E-state index contributed by atoms with van der Waals surface area (Å²) in [5, 5.41) is 2.24. The molecule has 1 heterocycles. The van der Waals surface area contributed by atoms with Gasteiger partial charge in [-0.25, -0.2) is 22.0 Å². The lowest BCUT2D eigenvalue weighted by molar-refractivity contribution is 0.0595. The van der Waals surface area contributed by atoms with Crippen molar-refractivity contribution < 1.29 is 31.5 Å². The Labute approximate surface area is 166 Å². The summed E-state index contributed by atoms with van der Waals surface area (Å²) in [6.45, 7) is 0.911. The van der Waals surface area contributed by atoms with Crippen molar-refractivity contribution >= 4 is 27.6 Å². The van der Waals surface area contributed by atoms with E-state index in [9.17, 15) is 26.8 Å². The van der Waals surface area contributed by atoms with Crippen LogP contribution < -0.4 is 5.32 Å². The molecule has 1 amide bonds. The largest absolute Gasteiger partial charge is 0.465 e. The van der Waals surface area contributed by atoms with E-state index in [2.05, 4.69) is 10.1 Å². The van der Waals surface area contributed by atoms with E-state index in [-0.39, 0.29) is 10.5 Å². The monoisotopic (exact) mass is 424 g/mol. The normalized spacial score (nSPS) is 14.6. The fourth-order valence-electron chi connectivity index (χ4n) is 2.96. The summed E-state index contributed by atoms with van der Waals surface area (Å²) in [6.07, 6.45) is 1.60. The maximum atomic E-state index is 14.0. The summed E-state index contributed by atoms with van der Waals surface area (Å²) in [5.41, 5.74) is -0.879. The van der Waals surface area contributed by atoms with Crippen LogP contribution in [-0.2, 0) is 14.8 Å². The van der Waals surface area contributed by atoms with E-state index in [0.717, 1.165) is 26.0 Å². The molecule has 1 fully saturated rings. The summed E-state index contributed by atoms with van der Waals surface area (Å²) in [7, 11) is -2.58. The zero-order chi connectivity index (χ0) is 21.2. The third kappa shape index (κ3) is 4.28.